The van der Waals surface area contributed by atoms with Crippen molar-refractivity contribution in [3.05, 3.63) is 29.6 Å². The van der Waals surface area contributed by atoms with E-state index in [1.807, 2.05) is 29.6 Å². The Hall–Kier alpha value is -1.07. The van der Waals surface area contributed by atoms with Crippen LogP contribution in [0.2, 0.25) is 0 Å². The first kappa shape index (κ1) is 10.4. The minimum atomic E-state index is 0.786. The van der Waals surface area contributed by atoms with Gasteiger partial charge >= 0.3 is 0 Å². The molecule has 0 spiro atoms. The molecule has 15 heavy (non-hydrogen) atoms. The van der Waals surface area contributed by atoms with Gasteiger partial charge in [-0.1, -0.05) is 6.07 Å². The highest BCUT2D eigenvalue weighted by atomic mass is 32.1. The van der Waals surface area contributed by atoms with E-state index >= 15 is 0 Å². The van der Waals surface area contributed by atoms with Gasteiger partial charge in [-0.2, -0.15) is 12.6 Å². The molecule has 3 nitrogen and oxygen atoms in total. The van der Waals surface area contributed by atoms with Crippen molar-refractivity contribution in [2.45, 2.75) is 0 Å². The molecule has 0 unspecified atom stereocenters. The van der Waals surface area contributed by atoms with E-state index in [2.05, 4.69) is 28.1 Å². The Labute approximate surface area is 98.0 Å². The predicted molar refractivity (Wildman–Crippen MR) is 67.7 cm³/mol. The molecular weight excluding hydrogens is 226 g/mol. The standard InChI is InChI=1S/C10H11N3S2/c14-6-5-11-10-4-3-8(12-13-10)9-2-1-7-15-9/h1-4,7,14H,5-6H2,(H,11,13). The van der Waals surface area contributed by atoms with Gasteiger partial charge in [-0.25, -0.2) is 0 Å². The maximum atomic E-state index is 4.15. The third-order valence-corrected chi connectivity index (χ3v) is 2.97. The number of hydrogen-bond donors (Lipinski definition) is 2. The first-order valence-electron chi connectivity index (χ1n) is 4.62. The molecule has 5 heteroatoms. The minimum absolute atomic E-state index is 0.786. The van der Waals surface area contributed by atoms with Crippen LogP contribution in [0.25, 0.3) is 10.6 Å². The van der Waals surface area contributed by atoms with Crippen molar-refractivity contribution in [3.8, 4) is 10.6 Å². The molecule has 0 radical (unpaired) electrons. The Morgan fingerprint density at radius 2 is 2.20 bits per heavy atom. The summed E-state index contributed by atoms with van der Waals surface area (Å²) in [6.45, 7) is 0.802. The van der Waals surface area contributed by atoms with Crippen LogP contribution in [0, 0.1) is 0 Å². The molecule has 2 heterocycles. The van der Waals surface area contributed by atoms with Crippen LogP contribution in [0.3, 0.4) is 0 Å². The van der Waals surface area contributed by atoms with Gasteiger partial charge in [-0.3, -0.25) is 0 Å². The fourth-order valence-electron chi connectivity index (χ4n) is 1.17. The number of hydrogen-bond acceptors (Lipinski definition) is 5. The summed E-state index contributed by atoms with van der Waals surface area (Å²) in [7, 11) is 0. The zero-order valence-corrected chi connectivity index (χ0v) is 9.76. The first-order valence-corrected chi connectivity index (χ1v) is 6.13. The molecule has 2 aromatic heterocycles. The van der Waals surface area contributed by atoms with Crippen LogP contribution in [-0.4, -0.2) is 22.5 Å². The van der Waals surface area contributed by atoms with Crippen molar-refractivity contribution in [1.29, 1.82) is 0 Å². The average molecular weight is 237 g/mol. The Morgan fingerprint density at radius 1 is 1.27 bits per heavy atom. The maximum absolute atomic E-state index is 4.15. The highest BCUT2D eigenvalue weighted by molar-refractivity contribution is 7.80. The molecule has 78 valence electrons. The van der Waals surface area contributed by atoms with E-state index < -0.39 is 0 Å². The van der Waals surface area contributed by atoms with Crippen molar-refractivity contribution in [3.63, 3.8) is 0 Å². The average Bonchev–Trinajstić information content (AvgIpc) is 2.80. The molecular formula is C10H11N3S2. The van der Waals surface area contributed by atoms with E-state index in [1.54, 1.807) is 11.3 Å². The minimum Gasteiger partial charge on any atom is -0.368 e. The number of thiol groups is 1. The van der Waals surface area contributed by atoms with Crippen molar-refractivity contribution in [2.75, 3.05) is 17.6 Å². The summed E-state index contributed by atoms with van der Waals surface area (Å²) < 4.78 is 0. The van der Waals surface area contributed by atoms with Gasteiger partial charge in [-0.05, 0) is 23.6 Å². The van der Waals surface area contributed by atoms with Crippen molar-refractivity contribution in [2.24, 2.45) is 0 Å². The van der Waals surface area contributed by atoms with Crippen LogP contribution in [0.5, 0.6) is 0 Å². The lowest BCUT2D eigenvalue weighted by Gasteiger charge is -2.02. The summed E-state index contributed by atoms with van der Waals surface area (Å²) in [6, 6.07) is 7.95. The SMILES string of the molecule is SCCNc1ccc(-c2cccs2)nn1. The van der Waals surface area contributed by atoms with Crippen LogP contribution < -0.4 is 5.32 Å². The summed E-state index contributed by atoms with van der Waals surface area (Å²) in [5, 5.41) is 13.4. The zero-order valence-electron chi connectivity index (χ0n) is 8.05. The number of nitrogens with zero attached hydrogens (tertiary/aromatic N) is 2. The van der Waals surface area contributed by atoms with Gasteiger partial charge in [0.05, 0.1) is 4.88 Å². The number of anilines is 1. The third-order valence-electron chi connectivity index (χ3n) is 1.86. The van der Waals surface area contributed by atoms with E-state index in [1.165, 1.54) is 0 Å². The lowest BCUT2D eigenvalue weighted by molar-refractivity contribution is 1.02. The highest BCUT2D eigenvalue weighted by Gasteiger charge is 2.00. The van der Waals surface area contributed by atoms with Crippen LogP contribution in [0.4, 0.5) is 5.82 Å². The van der Waals surface area contributed by atoms with E-state index in [0.717, 1.165) is 28.7 Å². The van der Waals surface area contributed by atoms with Gasteiger partial charge in [0.25, 0.3) is 0 Å². The smallest absolute Gasteiger partial charge is 0.148 e. The van der Waals surface area contributed by atoms with Gasteiger partial charge in [0, 0.05) is 12.3 Å². The van der Waals surface area contributed by atoms with E-state index in [9.17, 15) is 0 Å². The summed E-state index contributed by atoms with van der Waals surface area (Å²) in [6.07, 6.45) is 0. The highest BCUT2D eigenvalue weighted by Crippen LogP contribution is 2.22. The lowest BCUT2D eigenvalue weighted by Crippen LogP contribution is -2.04. The summed E-state index contributed by atoms with van der Waals surface area (Å²) in [5.41, 5.74) is 0.918. The van der Waals surface area contributed by atoms with Crippen LogP contribution in [0.1, 0.15) is 0 Å². The third kappa shape index (κ3) is 2.70. The summed E-state index contributed by atoms with van der Waals surface area (Å²) >= 11 is 5.78. The number of thiophene rings is 1. The molecule has 0 bridgehead atoms. The van der Waals surface area contributed by atoms with Crippen LogP contribution in [-0.2, 0) is 0 Å². The fourth-order valence-corrected chi connectivity index (χ4v) is 1.97. The zero-order chi connectivity index (χ0) is 10.5. The first-order chi connectivity index (χ1) is 7.40. The summed E-state index contributed by atoms with van der Waals surface area (Å²) in [5.74, 6) is 1.58. The molecule has 0 amide bonds. The Balaban J connectivity index is 2.11. The Bertz CT molecular complexity index is 397. The molecule has 0 aliphatic rings. The number of aromatic nitrogens is 2. The molecule has 0 fully saturated rings. The van der Waals surface area contributed by atoms with Crippen molar-refractivity contribution >= 4 is 29.8 Å². The molecule has 0 aliphatic heterocycles. The van der Waals surface area contributed by atoms with Gasteiger partial charge in [0.15, 0.2) is 0 Å². The lowest BCUT2D eigenvalue weighted by atomic mass is 10.3. The Kier molecular flexibility index (Phi) is 3.58. The molecule has 0 aliphatic carbocycles. The van der Waals surface area contributed by atoms with Gasteiger partial charge < -0.3 is 5.32 Å². The van der Waals surface area contributed by atoms with Gasteiger partial charge in [-0.15, -0.1) is 21.5 Å². The topological polar surface area (TPSA) is 37.8 Å². The van der Waals surface area contributed by atoms with Crippen molar-refractivity contribution in [1.82, 2.24) is 10.2 Å². The predicted octanol–water partition coefficient (Wildman–Crippen LogP) is 2.55. The molecule has 0 saturated heterocycles. The molecule has 2 rings (SSSR count). The van der Waals surface area contributed by atoms with Gasteiger partial charge in [0.2, 0.25) is 0 Å². The maximum Gasteiger partial charge on any atom is 0.148 e. The van der Waals surface area contributed by atoms with E-state index in [0.29, 0.717) is 0 Å². The molecule has 2 aromatic rings. The molecule has 0 saturated carbocycles. The monoisotopic (exact) mass is 237 g/mol. The van der Waals surface area contributed by atoms with Crippen LogP contribution >= 0.6 is 24.0 Å². The van der Waals surface area contributed by atoms with E-state index in [-0.39, 0.29) is 0 Å². The summed E-state index contributed by atoms with van der Waals surface area (Å²) in [4.78, 5) is 1.14. The second-order valence-corrected chi connectivity index (χ2v) is 4.33. The largest absolute Gasteiger partial charge is 0.368 e. The van der Waals surface area contributed by atoms with Crippen LogP contribution in [0.15, 0.2) is 29.6 Å². The van der Waals surface area contributed by atoms with Crippen molar-refractivity contribution < 1.29 is 0 Å². The normalized spacial score (nSPS) is 10.2. The molecule has 0 atom stereocenters. The molecule has 1 N–H and O–H groups in total. The fraction of sp³-hybridized carbons (Fsp3) is 0.200. The second kappa shape index (κ2) is 5.14. The Morgan fingerprint density at radius 3 is 2.80 bits per heavy atom. The van der Waals surface area contributed by atoms with E-state index in [4.69, 9.17) is 0 Å². The number of nitrogens with one attached hydrogen (secondary N) is 1. The van der Waals surface area contributed by atoms with Gasteiger partial charge in [0.1, 0.15) is 11.5 Å². The molecule has 0 aromatic carbocycles. The quantitative estimate of drug-likeness (QED) is 0.803. The number of rotatable bonds is 4. The second-order valence-electron chi connectivity index (χ2n) is 2.93.